The van der Waals surface area contributed by atoms with Crippen LogP contribution in [0.5, 0.6) is 5.75 Å². The van der Waals surface area contributed by atoms with Crippen molar-refractivity contribution < 1.29 is 19.1 Å². The number of likely N-dealkylation sites (N-methyl/N-ethyl adjacent to an activating group) is 1. The molecule has 0 spiro atoms. The fraction of sp³-hybridized carbons (Fsp3) is 0.391. The Hall–Kier alpha value is -2.58. The van der Waals surface area contributed by atoms with E-state index in [-0.39, 0.29) is 5.91 Å². The highest BCUT2D eigenvalue weighted by Gasteiger charge is 2.21. The van der Waals surface area contributed by atoms with E-state index in [2.05, 4.69) is 38.0 Å². The van der Waals surface area contributed by atoms with Crippen LogP contribution < -0.4 is 15.0 Å². The number of benzene rings is 2. The van der Waals surface area contributed by atoms with Crippen molar-refractivity contribution in [1.29, 1.82) is 0 Å². The van der Waals surface area contributed by atoms with Crippen molar-refractivity contribution in [2.45, 2.75) is 13.8 Å². The van der Waals surface area contributed by atoms with E-state index >= 15 is 0 Å². The molecule has 0 unspecified atom stereocenters. The maximum Gasteiger partial charge on any atom is 0.337 e. The number of carbonyl (C=O) groups excluding carboxylic acids is 2. The second-order valence-electron chi connectivity index (χ2n) is 7.18. The summed E-state index contributed by atoms with van der Waals surface area (Å²) < 4.78 is 11.1. The zero-order valence-electron chi connectivity index (χ0n) is 18.1. The summed E-state index contributed by atoms with van der Waals surface area (Å²) >= 11 is 3.45. The maximum absolute atomic E-state index is 13.0. The van der Waals surface area contributed by atoms with Crippen LogP contribution in [-0.2, 0) is 4.74 Å². The molecule has 1 saturated heterocycles. The van der Waals surface area contributed by atoms with Gasteiger partial charge in [-0.1, -0.05) is 6.92 Å². The predicted octanol–water partition coefficient (Wildman–Crippen LogP) is 4.03. The summed E-state index contributed by atoms with van der Waals surface area (Å²) in [6.45, 7) is 9.23. The third kappa shape index (κ3) is 5.57. The lowest BCUT2D eigenvalue weighted by Gasteiger charge is -2.36. The van der Waals surface area contributed by atoms with Gasteiger partial charge >= 0.3 is 5.97 Å². The molecule has 166 valence electrons. The topological polar surface area (TPSA) is 71.1 Å². The van der Waals surface area contributed by atoms with Crippen LogP contribution in [0, 0.1) is 0 Å². The minimum atomic E-state index is -0.443. The third-order valence-corrected chi connectivity index (χ3v) is 5.94. The number of hydrogen-bond acceptors (Lipinski definition) is 6. The molecule has 3 rings (SSSR count). The van der Waals surface area contributed by atoms with Gasteiger partial charge in [-0.3, -0.25) is 4.79 Å². The van der Waals surface area contributed by atoms with Gasteiger partial charge in [0, 0.05) is 31.7 Å². The minimum Gasteiger partial charge on any atom is -0.493 e. The van der Waals surface area contributed by atoms with E-state index in [9.17, 15) is 9.59 Å². The number of rotatable bonds is 7. The standard InChI is InChI=1S/C23H28BrN3O4/c1-4-26-10-12-27(13-11-26)20-8-6-17(23(29)30-3)15-19(20)25-22(28)16-7-9-21(31-5-2)18(24)14-16/h6-9,14-15H,4-5,10-13H2,1-3H3,(H,25,28). The van der Waals surface area contributed by atoms with Crippen LogP contribution in [0.3, 0.4) is 0 Å². The van der Waals surface area contributed by atoms with Crippen LogP contribution in [0.25, 0.3) is 0 Å². The van der Waals surface area contributed by atoms with E-state index in [0.717, 1.165) is 38.4 Å². The number of amides is 1. The molecule has 0 atom stereocenters. The van der Waals surface area contributed by atoms with Crippen LogP contribution in [0.2, 0.25) is 0 Å². The summed E-state index contributed by atoms with van der Waals surface area (Å²) in [4.78, 5) is 29.7. The molecular weight excluding hydrogens is 462 g/mol. The molecular formula is C23H28BrN3O4. The molecule has 0 radical (unpaired) electrons. The van der Waals surface area contributed by atoms with E-state index in [1.54, 1.807) is 30.3 Å². The van der Waals surface area contributed by atoms with E-state index < -0.39 is 5.97 Å². The Balaban J connectivity index is 1.87. The Bertz CT molecular complexity index is 942. The summed E-state index contributed by atoms with van der Waals surface area (Å²) in [5.41, 5.74) is 2.35. The molecule has 0 saturated carbocycles. The molecule has 1 aliphatic heterocycles. The normalized spacial score (nSPS) is 14.3. The van der Waals surface area contributed by atoms with Crippen molar-refractivity contribution in [3.63, 3.8) is 0 Å². The van der Waals surface area contributed by atoms with Crippen molar-refractivity contribution in [2.75, 3.05) is 56.7 Å². The predicted molar refractivity (Wildman–Crippen MR) is 125 cm³/mol. The van der Waals surface area contributed by atoms with Crippen LogP contribution in [0.15, 0.2) is 40.9 Å². The average molecular weight is 490 g/mol. The largest absolute Gasteiger partial charge is 0.493 e. The summed E-state index contributed by atoms with van der Waals surface area (Å²) in [7, 11) is 1.34. The summed E-state index contributed by atoms with van der Waals surface area (Å²) in [5, 5.41) is 2.98. The van der Waals surface area contributed by atoms with Crippen molar-refractivity contribution in [2.24, 2.45) is 0 Å². The smallest absolute Gasteiger partial charge is 0.337 e. The molecule has 1 aliphatic rings. The quantitative estimate of drug-likeness (QED) is 0.592. The highest BCUT2D eigenvalue weighted by molar-refractivity contribution is 9.10. The molecule has 2 aromatic carbocycles. The maximum atomic E-state index is 13.0. The second kappa shape index (κ2) is 10.6. The lowest BCUT2D eigenvalue weighted by atomic mass is 10.1. The first-order chi connectivity index (χ1) is 15.0. The number of nitrogens with zero attached hydrogens (tertiary/aromatic N) is 2. The van der Waals surface area contributed by atoms with Gasteiger partial charge in [-0.15, -0.1) is 0 Å². The van der Waals surface area contributed by atoms with Gasteiger partial charge in [0.2, 0.25) is 0 Å². The first-order valence-electron chi connectivity index (χ1n) is 10.4. The van der Waals surface area contributed by atoms with E-state index in [1.165, 1.54) is 7.11 Å². The second-order valence-corrected chi connectivity index (χ2v) is 8.03. The van der Waals surface area contributed by atoms with Crippen molar-refractivity contribution in [3.8, 4) is 5.75 Å². The number of halogens is 1. The number of ether oxygens (including phenoxy) is 2. The SMILES string of the molecule is CCOc1ccc(C(=O)Nc2cc(C(=O)OC)ccc2N2CCN(CC)CC2)cc1Br. The number of esters is 1. The number of anilines is 2. The van der Waals surface area contributed by atoms with Crippen LogP contribution in [0.1, 0.15) is 34.6 Å². The molecule has 1 N–H and O–H groups in total. The van der Waals surface area contributed by atoms with Crippen molar-refractivity contribution >= 4 is 39.2 Å². The zero-order chi connectivity index (χ0) is 22.4. The molecule has 8 heteroatoms. The van der Waals surface area contributed by atoms with Crippen LogP contribution >= 0.6 is 15.9 Å². The van der Waals surface area contributed by atoms with Crippen molar-refractivity contribution in [3.05, 3.63) is 52.0 Å². The van der Waals surface area contributed by atoms with Gasteiger partial charge in [-0.25, -0.2) is 4.79 Å². The molecule has 7 nitrogen and oxygen atoms in total. The summed E-state index contributed by atoms with van der Waals surface area (Å²) in [6.07, 6.45) is 0. The van der Waals surface area contributed by atoms with Crippen LogP contribution in [0.4, 0.5) is 11.4 Å². The number of methoxy groups -OCH3 is 1. The summed E-state index contributed by atoms with van der Waals surface area (Å²) in [5.74, 6) is -0.0258. The highest BCUT2D eigenvalue weighted by atomic mass is 79.9. The molecule has 1 heterocycles. The van der Waals surface area contributed by atoms with Gasteiger partial charge in [-0.2, -0.15) is 0 Å². The Morgan fingerprint density at radius 3 is 2.35 bits per heavy atom. The molecule has 0 aliphatic carbocycles. The fourth-order valence-electron chi connectivity index (χ4n) is 3.57. The van der Waals surface area contributed by atoms with Gasteiger partial charge in [-0.05, 0) is 65.8 Å². The minimum absolute atomic E-state index is 0.265. The van der Waals surface area contributed by atoms with E-state index in [0.29, 0.717) is 33.6 Å². The average Bonchev–Trinajstić information content (AvgIpc) is 2.80. The third-order valence-electron chi connectivity index (χ3n) is 5.32. The molecule has 31 heavy (non-hydrogen) atoms. The Morgan fingerprint density at radius 2 is 1.74 bits per heavy atom. The fourth-order valence-corrected chi connectivity index (χ4v) is 4.06. The number of carbonyl (C=O) groups is 2. The molecule has 1 fully saturated rings. The van der Waals surface area contributed by atoms with E-state index in [4.69, 9.17) is 9.47 Å². The van der Waals surface area contributed by atoms with Gasteiger partial charge in [0.25, 0.3) is 5.91 Å². The lowest BCUT2D eigenvalue weighted by molar-refractivity contribution is 0.0600. The molecule has 0 aromatic heterocycles. The van der Waals surface area contributed by atoms with E-state index in [1.807, 2.05) is 13.0 Å². The Kier molecular flexibility index (Phi) is 7.92. The van der Waals surface area contributed by atoms with Gasteiger partial charge < -0.3 is 24.6 Å². The number of nitrogens with one attached hydrogen (secondary N) is 1. The molecule has 0 bridgehead atoms. The van der Waals surface area contributed by atoms with Gasteiger partial charge in [0.05, 0.1) is 35.1 Å². The Morgan fingerprint density at radius 1 is 1.03 bits per heavy atom. The lowest BCUT2D eigenvalue weighted by Crippen LogP contribution is -2.46. The highest BCUT2D eigenvalue weighted by Crippen LogP contribution is 2.30. The van der Waals surface area contributed by atoms with Gasteiger partial charge in [0.1, 0.15) is 5.75 Å². The zero-order valence-corrected chi connectivity index (χ0v) is 19.7. The molecule has 2 aromatic rings. The molecule has 1 amide bonds. The number of hydrogen-bond donors (Lipinski definition) is 1. The Labute approximate surface area is 191 Å². The monoisotopic (exact) mass is 489 g/mol. The number of piperazine rings is 1. The van der Waals surface area contributed by atoms with Crippen LogP contribution in [-0.4, -0.2) is 63.2 Å². The van der Waals surface area contributed by atoms with Gasteiger partial charge in [0.15, 0.2) is 0 Å². The first-order valence-corrected chi connectivity index (χ1v) is 11.2. The first kappa shape index (κ1) is 23.1. The summed E-state index contributed by atoms with van der Waals surface area (Å²) in [6, 6.07) is 10.5. The van der Waals surface area contributed by atoms with Crippen molar-refractivity contribution in [1.82, 2.24) is 4.90 Å².